The second-order valence-corrected chi connectivity index (χ2v) is 11.1. The number of hydrogen-bond acceptors (Lipinski definition) is 0. The molecule has 1 nitrogen and oxygen atoms in total. The van der Waals surface area contributed by atoms with E-state index in [0.29, 0.717) is 0 Å². The Bertz CT molecular complexity index is 318. The van der Waals surface area contributed by atoms with Crippen molar-refractivity contribution in [2.24, 2.45) is 0 Å². The number of quaternary nitrogens is 1. The minimum atomic E-state index is 0. The molecule has 0 fully saturated rings. The molecule has 0 aliphatic heterocycles. The van der Waals surface area contributed by atoms with Crippen LogP contribution in [-0.2, 0) is 0 Å². The lowest BCUT2D eigenvalue weighted by Crippen LogP contribution is -3.05. The summed E-state index contributed by atoms with van der Waals surface area (Å²) in [7, 11) is 4.53. The highest BCUT2D eigenvalue weighted by molar-refractivity contribution is 4.52. The van der Waals surface area contributed by atoms with Crippen LogP contribution in [0.3, 0.4) is 0 Å². The van der Waals surface area contributed by atoms with Crippen LogP contribution >= 0.6 is 0 Å². The Morgan fingerprint density at radius 3 is 0.667 bits per heavy atom. The summed E-state index contributed by atoms with van der Waals surface area (Å²) in [6, 6.07) is 0. The van der Waals surface area contributed by atoms with E-state index < -0.39 is 0 Å². The molecule has 0 amide bonds. The standard InChI is InChI=1S/C31H65N.BrH/c1-4-5-6-7-8-9-10-11-12-13-14-15-16-17-18-19-20-21-22-23-24-25-26-27-28-29-30-31-32(2)3;/h4-31H2,1-3H3;1H. The summed E-state index contributed by atoms with van der Waals surface area (Å²) in [5, 5.41) is 0. The van der Waals surface area contributed by atoms with E-state index in [-0.39, 0.29) is 17.0 Å². The van der Waals surface area contributed by atoms with E-state index in [4.69, 9.17) is 0 Å². The maximum atomic E-state index is 2.31. The fraction of sp³-hybridized carbons (Fsp3) is 1.00. The highest BCUT2D eigenvalue weighted by Crippen LogP contribution is 2.16. The molecule has 0 spiro atoms. The first-order chi connectivity index (χ1) is 15.8. The highest BCUT2D eigenvalue weighted by atomic mass is 79.9. The predicted molar refractivity (Wildman–Crippen MR) is 148 cm³/mol. The summed E-state index contributed by atoms with van der Waals surface area (Å²) < 4.78 is 0. The molecule has 1 N–H and O–H groups in total. The molecule has 0 unspecified atom stereocenters. The van der Waals surface area contributed by atoms with Crippen LogP contribution in [0.15, 0.2) is 0 Å². The molecule has 0 atom stereocenters. The van der Waals surface area contributed by atoms with Gasteiger partial charge in [0.15, 0.2) is 0 Å². The van der Waals surface area contributed by atoms with Crippen molar-refractivity contribution >= 4 is 0 Å². The van der Waals surface area contributed by atoms with Gasteiger partial charge in [-0.25, -0.2) is 0 Å². The maximum absolute atomic E-state index is 2.31. The average Bonchev–Trinajstić information content (AvgIpc) is 2.78. The molecule has 33 heavy (non-hydrogen) atoms. The molecule has 0 aromatic heterocycles. The molecule has 0 aromatic carbocycles. The van der Waals surface area contributed by atoms with Gasteiger partial charge in [0, 0.05) is 0 Å². The third-order valence-electron chi connectivity index (χ3n) is 7.28. The highest BCUT2D eigenvalue weighted by Gasteiger charge is 1.97. The van der Waals surface area contributed by atoms with Gasteiger partial charge in [0.1, 0.15) is 0 Å². The van der Waals surface area contributed by atoms with Gasteiger partial charge in [-0.2, -0.15) is 0 Å². The maximum Gasteiger partial charge on any atom is 0.0766 e. The summed E-state index contributed by atoms with van der Waals surface area (Å²) in [5.74, 6) is 0. The summed E-state index contributed by atoms with van der Waals surface area (Å²) in [6.07, 6.45) is 39.9. The normalized spacial score (nSPS) is 11.3. The molecule has 0 saturated heterocycles. The third kappa shape index (κ3) is 34.7. The number of nitrogens with one attached hydrogen (secondary N) is 1. The van der Waals surface area contributed by atoms with Gasteiger partial charge in [-0.05, 0) is 12.8 Å². The van der Waals surface area contributed by atoms with E-state index in [1.54, 1.807) is 4.90 Å². The van der Waals surface area contributed by atoms with E-state index in [0.717, 1.165) is 0 Å². The van der Waals surface area contributed by atoms with Crippen molar-refractivity contribution in [3.63, 3.8) is 0 Å². The van der Waals surface area contributed by atoms with Crippen molar-refractivity contribution in [2.75, 3.05) is 20.6 Å². The minimum absolute atomic E-state index is 0. The molecular formula is C31H66BrN. The topological polar surface area (TPSA) is 4.44 Å². The van der Waals surface area contributed by atoms with E-state index in [2.05, 4.69) is 21.0 Å². The summed E-state index contributed by atoms with van der Waals surface area (Å²) >= 11 is 0. The van der Waals surface area contributed by atoms with Crippen LogP contribution in [-0.4, -0.2) is 20.6 Å². The lowest BCUT2D eigenvalue weighted by molar-refractivity contribution is -0.858. The first-order valence-corrected chi connectivity index (χ1v) is 15.6. The van der Waals surface area contributed by atoms with Crippen LogP contribution in [0.5, 0.6) is 0 Å². The Balaban J connectivity index is 0. The van der Waals surface area contributed by atoms with Gasteiger partial charge in [-0.1, -0.05) is 167 Å². The fourth-order valence-electron chi connectivity index (χ4n) is 4.97. The van der Waals surface area contributed by atoms with Gasteiger partial charge in [0.05, 0.1) is 20.6 Å². The Labute approximate surface area is 222 Å². The number of halogens is 1. The molecule has 202 valence electrons. The minimum Gasteiger partial charge on any atom is -1.00 e. The van der Waals surface area contributed by atoms with Crippen molar-refractivity contribution < 1.29 is 21.9 Å². The summed E-state index contributed by atoms with van der Waals surface area (Å²) in [4.78, 5) is 1.60. The van der Waals surface area contributed by atoms with Crippen LogP contribution in [0.2, 0.25) is 0 Å². The van der Waals surface area contributed by atoms with Crippen molar-refractivity contribution in [1.29, 1.82) is 0 Å². The zero-order valence-corrected chi connectivity index (χ0v) is 25.3. The molecule has 0 saturated carbocycles. The van der Waals surface area contributed by atoms with Gasteiger partial charge in [0.2, 0.25) is 0 Å². The van der Waals surface area contributed by atoms with Crippen LogP contribution in [0.4, 0.5) is 0 Å². The van der Waals surface area contributed by atoms with Gasteiger partial charge in [-0.3, -0.25) is 0 Å². The monoisotopic (exact) mass is 531 g/mol. The second kappa shape index (κ2) is 32.4. The Hall–Kier alpha value is 0.440. The fourth-order valence-corrected chi connectivity index (χ4v) is 4.97. The predicted octanol–water partition coefficient (Wildman–Crippen LogP) is 6.69. The second-order valence-electron chi connectivity index (χ2n) is 11.1. The van der Waals surface area contributed by atoms with Crippen LogP contribution < -0.4 is 21.9 Å². The molecule has 0 aliphatic carbocycles. The molecule has 0 rings (SSSR count). The molecule has 0 heterocycles. The van der Waals surface area contributed by atoms with Crippen molar-refractivity contribution in [3.8, 4) is 0 Å². The first-order valence-electron chi connectivity index (χ1n) is 15.6. The average molecular weight is 533 g/mol. The van der Waals surface area contributed by atoms with Crippen molar-refractivity contribution in [3.05, 3.63) is 0 Å². The summed E-state index contributed by atoms with van der Waals surface area (Å²) in [6.45, 7) is 3.65. The molecule has 0 aromatic rings. The van der Waals surface area contributed by atoms with Gasteiger partial charge in [0.25, 0.3) is 0 Å². The van der Waals surface area contributed by atoms with Gasteiger partial charge >= 0.3 is 0 Å². The van der Waals surface area contributed by atoms with E-state index in [9.17, 15) is 0 Å². The molecule has 0 aliphatic rings. The Morgan fingerprint density at radius 2 is 0.485 bits per heavy atom. The zero-order valence-electron chi connectivity index (χ0n) is 23.7. The molecule has 0 bridgehead atoms. The lowest BCUT2D eigenvalue weighted by atomic mass is 10.0. The van der Waals surface area contributed by atoms with Crippen LogP contribution in [0.1, 0.15) is 180 Å². The smallest absolute Gasteiger partial charge is 0.0766 e. The number of rotatable bonds is 28. The van der Waals surface area contributed by atoms with Crippen LogP contribution in [0, 0.1) is 0 Å². The third-order valence-corrected chi connectivity index (χ3v) is 7.28. The molecule has 2 heteroatoms. The van der Waals surface area contributed by atoms with E-state index in [1.165, 1.54) is 180 Å². The molecular weight excluding hydrogens is 466 g/mol. The van der Waals surface area contributed by atoms with Crippen molar-refractivity contribution in [1.82, 2.24) is 0 Å². The number of unbranched alkanes of at least 4 members (excludes halogenated alkanes) is 26. The lowest BCUT2D eigenvalue weighted by Gasteiger charge is -2.06. The van der Waals surface area contributed by atoms with Crippen molar-refractivity contribution in [2.45, 2.75) is 180 Å². The SMILES string of the molecule is CCCCCCCCCCCCCCCCCCCCCCCCCCCCC[NH+](C)C.[Br-]. The zero-order chi connectivity index (χ0) is 23.4. The largest absolute Gasteiger partial charge is 1.00 e. The van der Waals surface area contributed by atoms with Gasteiger partial charge in [-0.15, -0.1) is 0 Å². The van der Waals surface area contributed by atoms with E-state index in [1.807, 2.05) is 0 Å². The Morgan fingerprint density at radius 1 is 0.303 bits per heavy atom. The van der Waals surface area contributed by atoms with Gasteiger partial charge < -0.3 is 21.9 Å². The quantitative estimate of drug-likeness (QED) is 0.107. The van der Waals surface area contributed by atoms with E-state index >= 15 is 0 Å². The first kappa shape index (κ1) is 35.6. The summed E-state index contributed by atoms with van der Waals surface area (Å²) in [5.41, 5.74) is 0. The Kier molecular flexibility index (Phi) is 35.0. The molecule has 0 radical (unpaired) electrons. The van der Waals surface area contributed by atoms with Crippen LogP contribution in [0.25, 0.3) is 0 Å². The number of hydrogen-bond donors (Lipinski definition) is 1.